The summed E-state index contributed by atoms with van der Waals surface area (Å²) in [7, 11) is 7.17. The second kappa shape index (κ2) is 10.9. The van der Waals surface area contributed by atoms with Gasteiger partial charge in [0.25, 0.3) is 0 Å². The lowest BCUT2D eigenvalue weighted by Crippen LogP contribution is -2.26. The number of aryl methyl sites for hydroxylation is 2. The van der Waals surface area contributed by atoms with Crippen LogP contribution in [0.25, 0.3) is 11.1 Å². The van der Waals surface area contributed by atoms with Gasteiger partial charge in [-0.3, -0.25) is 9.48 Å². The van der Waals surface area contributed by atoms with E-state index in [4.69, 9.17) is 4.74 Å². The first kappa shape index (κ1) is 24.2. The average molecular weight is 455 g/mol. The fourth-order valence-corrected chi connectivity index (χ4v) is 3.91. The summed E-state index contributed by atoms with van der Waals surface area (Å²) in [5.74, 6) is 1.63. The Hall–Kier alpha value is -3.46. The minimum absolute atomic E-state index is 0.400. The third-order valence-electron chi connectivity index (χ3n) is 5.32. The van der Waals surface area contributed by atoms with E-state index in [1.165, 1.54) is 0 Å². The van der Waals surface area contributed by atoms with Crippen LogP contribution in [0, 0.1) is 0 Å². The van der Waals surface area contributed by atoms with Crippen LogP contribution in [0.2, 0.25) is 0 Å². The number of aromatic nitrogens is 3. The highest BCUT2D eigenvalue weighted by Crippen LogP contribution is 2.41. The first-order chi connectivity index (χ1) is 15.9. The lowest BCUT2D eigenvalue weighted by atomic mass is 9.91. The molecule has 1 aliphatic rings. The molecule has 0 fully saturated rings. The van der Waals surface area contributed by atoms with Gasteiger partial charge >= 0.3 is 0 Å². The topological polar surface area (TPSA) is 84.3 Å². The molecule has 1 unspecified atom stereocenters. The number of carbonyl (C=O) groups is 1. The van der Waals surface area contributed by atoms with Crippen molar-refractivity contribution in [2.75, 3.05) is 38.0 Å². The van der Waals surface area contributed by atoms with Crippen LogP contribution < -0.4 is 20.3 Å². The summed E-state index contributed by atoms with van der Waals surface area (Å²) in [4.78, 5) is 17.5. The molecule has 33 heavy (non-hydrogen) atoms. The summed E-state index contributed by atoms with van der Waals surface area (Å²) >= 11 is 0. The van der Waals surface area contributed by atoms with E-state index in [9.17, 15) is 9.18 Å². The van der Waals surface area contributed by atoms with E-state index in [0.717, 1.165) is 41.8 Å². The van der Waals surface area contributed by atoms with Gasteiger partial charge in [-0.1, -0.05) is 0 Å². The number of carbonyl (C=O) groups excluding carboxylic acids is 1. The van der Waals surface area contributed by atoms with Gasteiger partial charge < -0.3 is 20.3 Å². The number of rotatable bonds is 6. The molecular formula is C24H31FN6O2. The van der Waals surface area contributed by atoms with Crippen LogP contribution >= 0.6 is 0 Å². The predicted octanol–water partition coefficient (Wildman–Crippen LogP) is 4.01. The number of nitrogens with zero attached hydrogens (tertiary/aromatic N) is 4. The summed E-state index contributed by atoms with van der Waals surface area (Å²) in [6.07, 6.45) is 4.92. The Labute approximate surface area is 193 Å². The second-order valence-electron chi connectivity index (χ2n) is 7.85. The monoisotopic (exact) mass is 454 g/mol. The number of hydrogen-bond donors (Lipinski definition) is 2. The van der Waals surface area contributed by atoms with Crippen molar-refractivity contribution in [3.8, 4) is 16.9 Å². The SMILES string of the molecule is CNC.COc1cc(NC=O)nc(N2CCCc3cc(-c4cnn(C)c4)c(C(C)F)cc32)c1. The minimum Gasteiger partial charge on any atom is -0.496 e. The van der Waals surface area contributed by atoms with Gasteiger partial charge in [0.05, 0.1) is 13.3 Å². The average Bonchev–Trinajstić information content (AvgIpc) is 3.24. The van der Waals surface area contributed by atoms with Crippen LogP contribution in [-0.4, -0.2) is 48.9 Å². The van der Waals surface area contributed by atoms with Crippen molar-refractivity contribution >= 4 is 23.7 Å². The molecule has 0 radical (unpaired) electrons. The molecule has 0 aliphatic carbocycles. The number of benzene rings is 1. The molecule has 0 saturated heterocycles. The third-order valence-corrected chi connectivity index (χ3v) is 5.32. The largest absolute Gasteiger partial charge is 0.496 e. The highest BCUT2D eigenvalue weighted by molar-refractivity contribution is 5.77. The van der Waals surface area contributed by atoms with E-state index < -0.39 is 6.17 Å². The van der Waals surface area contributed by atoms with Gasteiger partial charge in [-0.15, -0.1) is 0 Å². The summed E-state index contributed by atoms with van der Waals surface area (Å²) in [5, 5.41) is 9.57. The standard InChI is InChI=1S/C22H24FN5O2.C2H7N/c1-14(23)18-10-20-15(7-19(18)16-11-25-27(2)12-16)5-4-6-28(20)22-9-17(30-3)8-21(26-22)24-13-29;1-3-2/h7-14H,4-6H2,1-3H3,(H,24,26,29);3H,1-2H3. The quantitative estimate of drug-likeness (QED) is 0.548. The van der Waals surface area contributed by atoms with Crippen molar-refractivity contribution < 1.29 is 13.9 Å². The van der Waals surface area contributed by atoms with Gasteiger partial charge in [0.15, 0.2) is 0 Å². The first-order valence-electron chi connectivity index (χ1n) is 10.8. The zero-order chi connectivity index (χ0) is 24.0. The van der Waals surface area contributed by atoms with E-state index in [-0.39, 0.29) is 0 Å². The number of pyridine rings is 1. The Balaban J connectivity index is 0.000000968. The molecule has 9 heteroatoms. The summed E-state index contributed by atoms with van der Waals surface area (Å²) < 4.78 is 21.7. The molecule has 3 heterocycles. The van der Waals surface area contributed by atoms with E-state index in [0.29, 0.717) is 29.4 Å². The maximum atomic E-state index is 14.6. The van der Waals surface area contributed by atoms with Crippen LogP contribution in [0.15, 0.2) is 36.7 Å². The van der Waals surface area contributed by atoms with Gasteiger partial charge in [0.2, 0.25) is 6.41 Å². The Morgan fingerprint density at radius 3 is 2.61 bits per heavy atom. The number of anilines is 3. The number of fused-ring (bicyclic) bond motifs is 1. The molecule has 8 nitrogen and oxygen atoms in total. The van der Waals surface area contributed by atoms with Gasteiger partial charge in [-0.05, 0) is 62.7 Å². The predicted molar refractivity (Wildman–Crippen MR) is 129 cm³/mol. The molecule has 0 spiro atoms. The van der Waals surface area contributed by atoms with Crippen molar-refractivity contribution in [1.82, 2.24) is 20.1 Å². The van der Waals surface area contributed by atoms with Gasteiger partial charge in [-0.25, -0.2) is 9.37 Å². The van der Waals surface area contributed by atoms with E-state index in [1.807, 2.05) is 39.5 Å². The van der Waals surface area contributed by atoms with Crippen LogP contribution in [0.1, 0.15) is 30.6 Å². The molecule has 1 aromatic carbocycles. The van der Waals surface area contributed by atoms with E-state index in [1.54, 1.807) is 31.0 Å². The zero-order valence-corrected chi connectivity index (χ0v) is 19.7. The van der Waals surface area contributed by atoms with Gasteiger partial charge in [0, 0.05) is 43.2 Å². The number of hydrogen-bond acceptors (Lipinski definition) is 6. The maximum absolute atomic E-state index is 14.6. The van der Waals surface area contributed by atoms with E-state index in [2.05, 4.69) is 31.7 Å². The van der Waals surface area contributed by atoms with Crippen molar-refractivity contribution in [3.63, 3.8) is 0 Å². The van der Waals surface area contributed by atoms with Crippen LogP contribution in [0.5, 0.6) is 5.75 Å². The third kappa shape index (κ3) is 5.48. The van der Waals surface area contributed by atoms with Crippen LogP contribution in [0.3, 0.4) is 0 Å². The number of ether oxygens (including phenoxy) is 1. The van der Waals surface area contributed by atoms with Crippen molar-refractivity contribution in [1.29, 1.82) is 0 Å². The number of nitrogens with one attached hydrogen (secondary N) is 2. The zero-order valence-electron chi connectivity index (χ0n) is 19.7. The molecule has 1 aliphatic heterocycles. The highest BCUT2D eigenvalue weighted by Gasteiger charge is 2.24. The van der Waals surface area contributed by atoms with Crippen molar-refractivity contribution in [2.24, 2.45) is 7.05 Å². The van der Waals surface area contributed by atoms with E-state index >= 15 is 0 Å². The van der Waals surface area contributed by atoms with Crippen LogP contribution in [0.4, 0.5) is 21.7 Å². The first-order valence-corrected chi connectivity index (χ1v) is 10.8. The molecule has 0 saturated carbocycles. The second-order valence-corrected chi connectivity index (χ2v) is 7.85. The van der Waals surface area contributed by atoms with Crippen molar-refractivity contribution in [2.45, 2.75) is 25.9 Å². The van der Waals surface area contributed by atoms with Gasteiger partial charge in [-0.2, -0.15) is 5.10 Å². The Morgan fingerprint density at radius 2 is 2.00 bits per heavy atom. The molecule has 3 aromatic rings. The van der Waals surface area contributed by atoms with Crippen LogP contribution in [-0.2, 0) is 18.3 Å². The fraction of sp³-hybridized carbons (Fsp3) is 0.375. The lowest BCUT2D eigenvalue weighted by molar-refractivity contribution is -0.105. The summed E-state index contributed by atoms with van der Waals surface area (Å²) in [6, 6.07) is 7.45. The number of amides is 1. The number of alkyl halides is 1. The Bertz CT molecular complexity index is 1100. The summed E-state index contributed by atoms with van der Waals surface area (Å²) in [5.41, 5.74) is 4.42. The van der Waals surface area contributed by atoms with Crippen molar-refractivity contribution in [3.05, 3.63) is 47.8 Å². The number of methoxy groups -OCH3 is 1. The van der Waals surface area contributed by atoms with Gasteiger partial charge in [0.1, 0.15) is 23.6 Å². The summed E-state index contributed by atoms with van der Waals surface area (Å²) in [6.45, 7) is 2.28. The number of halogens is 1. The molecule has 176 valence electrons. The molecular weight excluding hydrogens is 423 g/mol. The Morgan fingerprint density at radius 1 is 1.24 bits per heavy atom. The molecule has 4 rings (SSSR count). The lowest BCUT2D eigenvalue weighted by Gasteiger charge is -2.32. The highest BCUT2D eigenvalue weighted by atomic mass is 19.1. The Kier molecular flexibility index (Phi) is 8.00. The molecule has 1 amide bonds. The fourth-order valence-electron chi connectivity index (χ4n) is 3.91. The normalized spacial score (nSPS) is 13.5. The minimum atomic E-state index is -1.14. The molecule has 0 bridgehead atoms. The molecule has 2 aromatic heterocycles. The molecule has 2 N–H and O–H groups in total. The smallest absolute Gasteiger partial charge is 0.212 e. The molecule has 1 atom stereocenters. The maximum Gasteiger partial charge on any atom is 0.212 e.